The van der Waals surface area contributed by atoms with E-state index in [9.17, 15) is 13.2 Å². The Morgan fingerprint density at radius 3 is 2.74 bits per heavy atom. The lowest BCUT2D eigenvalue weighted by Crippen LogP contribution is -2.22. The number of sulfone groups is 1. The van der Waals surface area contributed by atoms with Crippen LogP contribution in [0.1, 0.15) is 5.69 Å². The summed E-state index contributed by atoms with van der Waals surface area (Å²) < 4.78 is 24.8. The summed E-state index contributed by atoms with van der Waals surface area (Å²) in [5.74, 6) is -0.583. The quantitative estimate of drug-likeness (QED) is 0.392. The fourth-order valence-electron chi connectivity index (χ4n) is 3.85. The number of aromatic nitrogens is 7. The maximum atomic E-state index is 12.2. The van der Waals surface area contributed by atoms with E-state index >= 15 is 0 Å². The lowest BCUT2D eigenvalue weighted by Gasteiger charge is -2.07. The monoisotopic (exact) mass is 476 g/mol. The van der Waals surface area contributed by atoms with Crippen LogP contribution in [0.2, 0.25) is 0 Å². The molecule has 1 amide bonds. The number of aryl methyl sites for hydroxylation is 2. The molecule has 0 atom stereocenters. The van der Waals surface area contributed by atoms with Crippen LogP contribution in [0.25, 0.3) is 44.8 Å². The molecule has 0 saturated carbocycles. The van der Waals surface area contributed by atoms with E-state index in [4.69, 9.17) is 4.98 Å². The topological polar surface area (TPSA) is 148 Å². The van der Waals surface area contributed by atoms with Gasteiger partial charge in [0.2, 0.25) is 5.91 Å². The number of imidazole rings is 1. The van der Waals surface area contributed by atoms with Gasteiger partial charge in [-0.1, -0.05) is 6.07 Å². The molecule has 0 radical (unpaired) electrons. The van der Waals surface area contributed by atoms with Crippen molar-refractivity contribution < 1.29 is 13.2 Å². The van der Waals surface area contributed by atoms with Crippen LogP contribution in [-0.4, -0.2) is 60.8 Å². The second-order valence-corrected chi connectivity index (χ2v) is 10.1. The molecule has 0 unspecified atom stereocenters. The van der Waals surface area contributed by atoms with Gasteiger partial charge in [0.15, 0.2) is 27.1 Å². The molecular formula is C22H20N8O3S. The highest BCUT2D eigenvalue weighted by Gasteiger charge is 2.21. The fraction of sp³-hybridized carbons (Fsp3) is 0.182. The van der Waals surface area contributed by atoms with Crippen molar-refractivity contribution in [3.63, 3.8) is 0 Å². The number of hydrogen-bond acceptors (Lipinski definition) is 8. The number of H-pyrrole nitrogens is 1. The first kappa shape index (κ1) is 21.6. The van der Waals surface area contributed by atoms with Gasteiger partial charge < -0.3 is 14.9 Å². The Morgan fingerprint density at radius 1 is 1.15 bits per heavy atom. The Kier molecular flexibility index (Phi) is 5.09. The van der Waals surface area contributed by atoms with Gasteiger partial charge in [0.1, 0.15) is 22.7 Å². The third kappa shape index (κ3) is 3.99. The molecule has 12 heteroatoms. The molecule has 5 heterocycles. The van der Waals surface area contributed by atoms with E-state index in [2.05, 4.69) is 30.2 Å². The molecule has 0 aliphatic heterocycles. The van der Waals surface area contributed by atoms with E-state index < -0.39 is 21.5 Å². The second-order valence-electron chi connectivity index (χ2n) is 7.99. The summed E-state index contributed by atoms with van der Waals surface area (Å²) in [4.78, 5) is 37.9. The third-order valence-electron chi connectivity index (χ3n) is 5.19. The number of aromatic amines is 1. The van der Waals surface area contributed by atoms with Crippen molar-refractivity contribution in [2.45, 2.75) is 6.92 Å². The first-order chi connectivity index (χ1) is 16.2. The zero-order valence-corrected chi connectivity index (χ0v) is 19.4. The number of carbonyl (C=O) groups is 1. The normalized spacial score (nSPS) is 11.9. The molecular weight excluding hydrogens is 456 g/mol. The van der Waals surface area contributed by atoms with Crippen molar-refractivity contribution in [1.82, 2.24) is 34.5 Å². The largest absolute Gasteiger partial charge is 0.347 e. The number of anilines is 1. The van der Waals surface area contributed by atoms with E-state index in [0.29, 0.717) is 33.9 Å². The molecule has 2 N–H and O–H groups in total. The number of nitrogens with one attached hydrogen (secondary N) is 2. The van der Waals surface area contributed by atoms with Gasteiger partial charge in [-0.3, -0.25) is 4.79 Å². The zero-order chi connectivity index (χ0) is 24.0. The third-order valence-corrected chi connectivity index (χ3v) is 5.98. The van der Waals surface area contributed by atoms with E-state index in [1.54, 1.807) is 17.1 Å². The number of nitrogens with zero attached hydrogens (tertiary/aromatic N) is 6. The number of carbonyl (C=O) groups excluding carboxylic acids is 1. The smallest absolute Gasteiger partial charge is 0.240 e. The molecule has 5 aromatic rings. The van der Waals surface area contributed by atoms with Crippen molar-refractivity contribution in [3.05, 3.63) is 48.7 Å². The molecule has 5 aromatic heterocycles. The van der Waals surface area contributed by atoms with Crippen LogP contribution >= 0.6 is 0 Å². The molecule has 0 aromatic carbocycles. The van der Waals surface area contributed by atoms with Gasteiger partial charge in [0.25, 0.3) is 0 Å². The summed E-state index contributed by atoms with van der Waals surface area (Å²) in [5.41, 5.74) is 4.60. The molecule has 0 spiro atoms. The van der Waals surface area contributed by atoms with Crippen LogP contribution < -0.4 is 5.32 Å². The van der Waals surface area contributed by atoms with E-state index in [-0.39, 0.29) is 5.82 Å². The molecule has 0 aliphatic rings. The summed E-state index contributed by atoms with van der Waals surface area (Å²) >= 11 is 0. The lowest BCUT2D eigenvalue weighted by atomic mass is 10.1. The highest BCUT2D eigenvalue weighted by molar-refractivity contribution is 7.91. The minimum atomic E-state index is -3.48. The summed E-state index contributed by atoms with van der Waals surface area (Å²) in [6.45, 7) is 1.90. The van der Waals surface area contributed by atoms with Crippen LogP contribution in [0, 0.1) is 6.92 Å². The van der Waals surface area contributed by atoms with Gasteiger partial charge in [-0.05, 0) is 25.1 Å². The van der Waals surface area contributed by atoms with Gasteiger partial charge in [0.05, 0.1) is 11.8 Å². The Morgan fingerprint density at radius 2 is 1.97 bits per heavy atom. The second kappa shape index (κ2) is 7.99. The minimum absolute atomic E-state index is 0.257. The SMILES string of the molecule is Cc1cccc(-c2nc(-c3cn(C)c4c(NC(=O)CS(C)(=O)=O)nccc34)c3nc[nH]c3n2)n1. The standard InChI is InChI=1S/C22H20N8O3S/c1-12-5-4-6-15(26-12)20-28-17(18-21(29-20)25-11-24-18)14-9-30(2)19-13(14)7-8-23-22(19)27-16(31)10-34(3,32)33/h4-9,11H,10H2,1-3H3,(H,23,27,31)(H,24,25,28,29). The fourth-order valence-corrected chi connectivity index (χ4v) is 4.40. The predicted octanol–water partition coefficient (Wildman–Crippen LogP) is 2.26. The van der Waals surface area contributed by atoms with Crippen LogP contribution in [-0.2, 0) is 21.7 Å². The van der Waals surface area contributed by atoms with E-state index in [1.165, 1.54) is 0 Å². The molecule has 0 saturated heterocycles. The molecule has 172 valence electrons. The van der Waals surface area contributed by atoms with Crippen molar-refractivity contribution in [3.8, 4) is 22.8 Å². The van der Waals surface area contributed by atoms with Gasteiger partial charge in [-0.25, -0.2) is 33.3 Å². The van der Waals surface area contributed by atoms with Crippen molar-refractivity contribution >= 4 is 43.6 Å². The minimum Gasteiger partial charge on any atom is -0.347 e. The number of amides is 1. The van der Waals surface area contributed by atoms with Crippen LogP contribution in [0.4, 0.5) is 5.82 Å². The molecule has 0 fully saturated rings. The van der Waals surface area contributed by atoms with E-state index in [1.807, 2.05) is 44.4 Å². The van der Waals surface area contributed by atoms with Gasteiger partial charge in [0, 0.05) is 42.3 Å². The Bertz CT molecular complexity index is 1690. The van der Waals surface area contributed by atoms with Gasteiger partial charge in [-0.15, -0.1) is 0 Å². The van der Waals surface area contributed by atoms with Crippen molar-refractivity contribution in [2.24, 2.45) is 7.05 Å². The van der Waals surface area contributed by atoms with Gasteiger partial charge in [-0.2, -0.15) is 0 Å². The van der Waals surface area contributed by atoms with E-state index in [0.717, 1.165) is 22.9 Å². The molecule has 34 heavy (non-hydrogen) atoms. The summed E-state index contributed by atoms with van der Waals surface area (Å²) in [6, 6.07) is 7.45. The zero-order valence-electron chi connectivity index (χ0n) is 18.6. The van der Waals surface area contributed by atoms with Crippen LogP contribution in [0.3, 0.4) is 0 Å². The maximum absolute atomic E-state index is 12.2. The maximum Gasteiger partial charge on any atom is 0.240 e. The van der Waals surface area contributed by atoms with Crippen molar-refractivity contribution in [1.29, 1.82) is 0 Å². The molecule has 5 rings (SSSR count). The highest BCUT2D eigenvalue weighted by atomic mass is 32.2. The average molecular weight is 477 g/mol. The number of rotatable bonds is 5. The summed E-state index contributed by atoms with van der Waals surface area (Å²) in [7, 11) is -1.67. The van der Waals surface area contributed by atoms with Crippen LogP contribution in [0.15, 0.2) is 43.0 Å². The average Bonchev–Trinajstić information content (AvgIpc) is 3.37. The Balaban J connectivity index is 1.68. The first-order valence-electron chi connectivity index (χ1n) is 10.3. The lowest BCUT2D eigenvalue weighted by molar-refractivity contribution is -0.113. The van der Waals surface area contributed by atoms with Crippen LogP contribution in [0.5, 0.6) is 0 Å². The number of hydrogen-bond donors (Lipinski definition) is 2. The summed E-state index contributed by atoms with van der Waals surface area (Å²) in [6.07, 6.45) is 5.97. The number of fused-ring (bicyclic) bond motifs is 2. The van der Waals surface area contributed by atoms with Gasteiger partial charge >= 0.3 is 0 Å². The molecule has 11 nitrogen and oxygen atoms in total. The highest BCUT2D eigenvalue weighted by Crippen LogP contribution is 2.35. The Labute approximate surface area is 194 Å². The first-order valence-corrected chi connectivity index (χ1v) is 12.3. The molecule has 0 aliphatic carbocycles. The molecule has 0 bridgehead atoms. The summed E-state index contributed by atoms with van der Waals surface area (Å²) in [5, 5.41) is 3.37. The number of pyridine rings is 2. The Hall–Kier alpha value is -4.19. The predicted molar refractivity (Wildman–Crippen MR) is 128 cm³/mol. The van der Waals surface area contributed by atoms with Crippen molar-refractivity contribution in [2.75, 3.05) is 17.3 Å².